The summed E-state index contributed by atoms with van der Waals surface area (Å²) in [6.45, 7) is 28.2. The molecule has 0 amide bonds. The summed E-state index contributed by atoms with van der Waals surface area (Å²) in [5.41, 5.74) is 0. The minimum atomic E-state index is -2.35. The fourth-order valence-corrected chi connectivity index (χ4v) is 27.3. The molecule has 1 rings (SSSR count). The fraction of sp³-hybridized carbons (Fsp3) is 1.00. The molecule has 6 heteroatoms. The molecule has 1 fully saturated rings. The molecule has 0 aromatic heterocycles. The summed E-state index contributed by atoms with van der Waals surface area (Å²) >= 11 is 0. The molecule has 1 aliphatic rings. The molecule has 0 radical (unpaired) electrons. The van der Waals surface area contributed by atoms with Crippen LogP contribution in [0.25, 0.3) is 0 Å². The number of rotatable bonds is 12. The zero-order chi connectivity index (χ0) is 23.3. The molecule has 0 aliphatic carbocycles. The Morgan fingerprint density at radius 2 is 0.467 bits per heavy atom. The van der Waals surface area contributed by atoms with E-state index in [4.69, 9.17) is 12.3 Å². The van der Waals surface area contributed by atoms with Crippen LogP contribution in [0.2, 0.25) is 36.3 Å². The highest BCUT2D eigenvalue weighted by atomic mass is 28.5. The van der Waals surface area contributed by atoms with Crippen molar-refractivity contribution in [1.82, 2.24) is 0 Å². The third-order valence-corrected chi connectivity index (χ3v) is 23.0. The van der Waals surface area contributed by atoms with Gasteiger partial charge in [0.2, 0.25) is 0 Å². The van der Waals surface area contributed by atoms with Crippen molar-refractivity contribution in [2.75, 3.05) is 0 Å². The summed E-state index contributed by atoms with van der Waals surface area (Å²) in [7, 11) is -7.05. The summed E-state index contributed by atoms with van der Waals surface area (Å²) in [6, 6.07) is 6.69. The van der Waals surface area contributed by atoms with E-state index < -0.39 is 25.7 Å². The predicted octanol–water partition coefficient (Wildman–Crippen LogP) is 8.31. The zero-order valence-electron chi connectivity index (χ0n) is 22.4. The van der Waals surface area contributed by atoms with Gasteiger partial charge in [0.1, 0.15) is 0 Å². The van der Waals surface area contributed by atoms with E-state index in [1.165, 1.54) is 0 Å². The smallest absolute Gasteiger partial charge is 0.321 e. The van der Waals surface area contributed by atoms with Crippen LogP contribution in [0.4, 0.5) is 0 Å². The highest BCUT2D eigenvalue weighted by molar-refractivity contribution is 6.94. The Kier molecular flexibility index (Phi) is 11.0. The van der Waals surface area contributed by atoms with E-state index in [2.05, 4.69) is 83.1 Å². The first kappa shape index (κ1) is 28.6. The maximum absolute atomic E-state index is 7.39. The van der Waals surface area contributed by atoms with Crippen molar-refractivity contribution >= 4 is 25.7 Å². The molecule has 0 aromatic rings. The molecule has 0 spiro atoms. The lowest BCUT2D eigenvalue weighted by Gasteiger charge is -2.56. The van der Waals surface area contributed by atoms with Crippen LogP contribution >= 0.6 is 0 Å². The van der Waals surface area contributed by atoms with Gasteiger partial charge >= 0.3 is 25.7 Å². The van der Waals surface area contributed by atoms with Gasteiger partial charge in [-0.1, -0.05) is 83.1 Å². The molecule has 180 valence electrons. The Labute approximate surface area is 192 Å². The van der Waals surface area contributed by atoms with Gasteiger partial charge in [0.25, 0.3) is 0 Å². The Balaban J connectivity index is 3.63. The van der Waals surface area contributed by atoms with Crippen molar-refractivity contribution < 1.29 is 12.3 Å². The van der Waals surface area contributed by atoms with E-state index in [0.29, 0.717) is 35.5 Å². The monoisotopic (exact) mass is 474 g/mol. The lowest BCUT2D eigenvalue weighted by molar-refractivity contribution is 0.189. The van der Waals surface area contributed by atoms with Crippen molar-refractivity contribution in [2.24, 2.45) is 35.5 Å². The van der Waals surface area contributed by atoms with Crippen LogP contribution in [-0.2, 0) is 12.3 Å². The van der Waals surface area contributed by atoms with Gasteiger partial charge in [-0.05, 0) is 71.8 Å². The first-order valence-electron chi connectivity index (χ1n) is 12.7. The third-order valence-electron chi connectivity index (χ3n) is 5.43. The summed E-state index contributed by atoms with van der Waals surface area (Å²) in [5.74, 6) is 3.60. The first-order valence-corrected chi connectivity index (χ1v) is 19.4. The molecule has 30 heavy (non-hydrogen) atoms. The van der Waals surface area contributed by atoms with Gasteiger partial charge in [-0.15, -0.1) is 0 Å². The van der Waals surface area contributed by atoms with Gasteiger partial charge in [-0.2, -0.15) is 0 Å². The van der Waals surface area contributed by atoms with E-state index in [1.807, 2.05) is 0 Å². The minimum absolute atomic E-state index is 0.600. The van der Waals surface area contributed by atoms with Gasteiger partial charge in [0.15, 0.2) is 0 Å². The molecule has 1 heterocycles. The van der Waals surface area contributed by atoms with Crippen LogP contribution in [0.3, 0.4) is 0 Å². The third kappa shape index (κ3) is 9.18. The van der Waals surface area contributed by atoms with Gasteiger partial charge in [-0.3, -0.25) is 0 Å². The maximum Gasteiger partial charge on any atom is 0.321 e. The lowest BCUT2D eigenvalue weighted by Crippen LogP contribution is -2.71. The van der Waals surface area contributed by atoms with Crippen LogP contribution in [0.1, 0.15) is 83.1 Å². The Hall–Kier alpha value is 0.531. The topological polar surface area (TPSA) is 27.7 Å². The average Bonchev–Trinajstić information content (AvgIpc) is 2.39. The van der Waals surface area contributed by atoms with Crippen LogP contribution < -0.4 is 0 Å². The van der Waals surface area contributed by atoms with Crippen LogP contribution in [0.15, 0.2) is 0 Å². The van der Waals surface area contributed by atoms with E-state index in [9.17, 15) is 0 Å². The van der Waals surface area contributed by atoms with Crippen molar-refractivity contribution in [3.63, 3.8) is 0 Å². The molecule has 0 unspecified atom stereocenters. The van der Waals surface area contributed by atoms with Crippen LogP contribution in [0, 0.1) is 35.5 Å². The summed E-state index contributed by atoms with van der Waals surface area (Å²) in [6.07, 6.45) is 0. The number of hydrogen-bond acceptors (Lipinski definition) is 3. The molecule has 1 saturated heterocycles. The Bertz CT molecular complexity index is 391. The zero-order valence-corrected chi connectivity index (χ0v) is 25.4. The Morgan fingerprint density at radius 3 is 0.567 bits per heavy atom. The van der Waals surface area contributed by atoms with Gasteiger partial charge in [0, 0.05) is 0 Å². The minimum Gasteiger partial charge on any atom is -0.415 e. The molecule has 0 atom stereocenters. The normalized spacial score (nSPS) is 21.0. The molecule has 3 nitrogen and oxygen atoms in total. The number of hydrogen-bond donors (Lipinski definition) is 0. The second kappa shape index (κ2) is 11.6. The van der Waals surface area contributed by atoms with E-state index in [0.717, 1.165) is 36.3 Å². The van der Waals surface area contributed by atoms with Crippen LogP contribution in [-0.4, -0.2) is 25.7 Å². The second-order valence-electron chi connectivity index (χ2n) is 12.6. The average molecular weight is 475 g/mol. The standard InChI is InChI=1S/C24H54O3Si3/c1-19(2)13-28(14-20(3)4)25-29(15-21(5)6,16-22(7)8)27-30(26-28,17-23(9)10)18-24(11)12/h19-24H,13-18H2,1-12H3. The summed E-state index contributed by atoms with van der Waals surface area (Å²) in [4.78, 5) is 0. The van der Waals surface area contributed by atoms with Crippen molar-refractivity contribution in [2.45, 2.75) is 119 Å². The molecule has 0 saturated carbocycles. The molecular formula is C24H54O3Si3. The van der Waals surface area contributed by atoms with Gasteiger partial charge in [-0.25, -0.2) is 0 Å². The molecule has 0 N–H and O–H groups in total. The quantitative estimate of drug-likeness (QED) is 0.266. The lowest BCUT2D eigenvalue weighted by atomic mass is 10.3. The summed E-state index contributed by atoms with van der Waals surface area (Å²) in [5, 5.41) is 0. The highest BCUT2D eigenvalue weighted by Crippen LogP contribution is 2.47. The highest BCUT2D eigenvalue weighted by Gasteiger charge is 2.62. The molecule has 1 aliphatic heterocycles. The molecule has 0 bridgehead atoms. The van der Waals surface area contributed by atoms with E-state index in [-0.39, 0.29) is 0 Å². The first-order chi connectivity index (χ1) is 13.6. The maximum atomic E-state index is 7.39. The molecular weight excluding hydrogens is 421 g/mol. The largest absolute Gasteiger partial charge is 0.415 e. The van der Waals surface area contributed by atoms with Gasteiger partial charge < -0.3 is 12.3 Å². The van der Waals surface area contributed by atoms with Crippen molar-refractivity contribution in [3.8, 4) is 0 Å². The summed E-state index contributed by atoms with van der Waals surface area (Å²) < 4.78 is 22.2. The fourth-order valence-electron chi connectivity index (χ4n) is 5.56. The predicted molar refractivity (Wildman–Crippen MR) is 138 cm³/mol. The van der Waals surface area contributed by atoms with E-state index in [1.54, 1.807) is 0 Å². The van der Waals surface area contributed by atoms with Crippen molar-refractivity contribution in [3.05, 3.63) is 0 Å². The van der Waals surface area contributed by atoms with E-state index >= 15 is 0 Å². The van der Waals surface area contributed by atoms with Crippen LogP contribution in [0.5, 0.6) is 0 Å². The molecule has 0 aromatic carbocycles. The van der Waals surface area contributed by atoms with Crippen molar-refractivity contribution in [1.29, 1.82) is 0 Å². The second-order valence-corrected chi connectivity index (χ2v) is 23.0. The Morgan fingerprint density at radius 1 is 0.333 bits per heavy atom. The SMILES string of the molecule is CC(C)C[Si]1(CC(C)C)O[Si](CC(C)C)(CC(C)C)O[Si](CC(C)C)(CC(C)C)O1. The van der Waals surface area contributed by atoms with Gasteiger partial charge in [0.05, 0.1) is 0 Å².